The molecule has 3 rings (SSSR count). The minimum absolute atomic E-state index is 0.0277. The summed E-state index contributed by atoms with van der Waals surface area (Å²) >= 11 is 0. The monoisotopic (exact) mass is 360 g/mol. The van der Waals surface area contributed by atoms with Crippen molar-refractivity contribution in [2.45, 2.75) is 19.4 Å². The highest BCUT2D eigenvalue weighted by Crippen LogP contribution is 2.26. The Hall–Kier alpha value is -2.08. The summed E-state index contributed by atoms with van der Waals surface area (Å²) < 4.78 is 23.5. The molecule has 1 amide bonds. The molecule has 1 atom stereocenters. The summed E-state index contributed by atoms with van der Waals surface area (Å²) in [6, 6.07) is 13.9. The molecule has 1 unspecified atom stereocenters. The highest BCUT2D eigenvalue weighted by Gasteiger charge is 2.34. The minimum Gasteiger partial charge on any atom is -0.365 e. The van der Waals surface area contributed by atoms with E-state index in [4.69, 9.17) is 0 Å². The number of rotatable bonds is 5. The molecule has 0 aromatic heterocycles. The number of likely N-dealkylation sites (N-methyl/N-ethyl adjacent to an activating group) is 2. The van der Waals surface area contributed by atoms with Crippen molar-refractivity contribution in [3.63, 3.8) is 0 Å². The Labute approximate surface area is 149 Å². The van der Waals surface area contributed by atoms with E-state index in [2.05, 4.69) is 12.1 Å². The molecule has 5 nitrogen and oxygen atoms in total. The molecule has 1 heterocycles. The number of amides is 1. The summed E-state index contributed by atoms with van der Waals surface area (Å²) in [5.74, 6) is 0.241. The SMILES string of the molecule is CCN(C(=O)CN(C)c1cccc2ccccc12)C1CCS(=O)(=O)C1. The van der Waals surface area contributed by atoms with Crippen LogP contribution < -0.4 is 4.90 Å². The highest BCUT2D eigenvalue weighted by atomic mass is 32.2. The number of carbonyl (C=O) groups excluding carboxylic acids is 1. The molecule has 1 fully saturated rings. The molecule has 0 bridgehead atoms. The fourth-order valence-electron chi connectivity index (χ4n) is 3.58. The first-order chi connectivity index (χ1) is 11.9. The quantitative estimate of drug-likeness (QED) is 0.821. The zero-order valence-electron chi connectivity index (χ0n) is 14.7. The number of carbonyl (C=O) groups is 1. The van der Waals surface area contributed by atoms with Crippen LogP contribution in [0.2, 0.25) is 0 Å². The van der Waals surface area contributed by atoms with Gasteiger partial charge in [0.1, 0.15) is 0 Å². The number of nitrogens with zero attached hydrogens (tertiary/aromatic N) is 2. The third kappa shape index (κ3) is 3.79. The van der Waals surface area contributed by atoms with Crippen LogP contribution >= 0.6 is 0 Å². The molecule has 25 heavy (non-hydrogen) atoms. The molecule has 0 saturated carbocycles. The highest BCUT2D eigenvalue weighted by molar-refractivity contribution is 7.91. The molecular formula is C19H24N2O3S. The zero-order chi connectivity index (χ0) is 18.0. The minimum atomic E-state index is -3.00. The van der Waals surface area contributed by atoms with Crippen LogP contribution in [-0.4, -0.2) is 56.9 Å². The second-order valence-corrected chi connectivity index (χ2v) is 8.82. The van der Waals surface area contributed by atoms with E-state index in [1.807, 2.05) is 49.2 Å². The second-order valence-electron chi connectivity index (χ2n) is 6.59. The van der Waals surface area contributed by atoms with Gasteiger partial charge < -0.3 is 9.80 Å². The van der Waals surface area contributed by atoms with E-state index >= 15 is 0 Å². The molecule has 0 spiro atoms. The van der Waals surface area contributed by atoms with Gasteiger partial charge >= 0.3 is 0 Å². The predicted octanol–water partition coefficient (Wildman–Crippen LogP) is 2.31. The van der Waals surface area contributed by atoms with Gasteiger partial charge in [0, 0.05) is 30.7 Å². The third-order valence-corrected chi connectivity index (χ3v) is 6.61. The van der Waals surface area contributed by atoms with E-state index in [1.165, 1.54) is 0 Å². The lowest BCUT2D eigenvalue weighted by molar-refractivity contribution is -0.131. The first kappa shape index (κ1) is 17.7. The summed E-state index contributed by atoms with van der Waals surface area (Å²) in [6.45, 7) is 2.67. The van der Waals surface area contributed by atoms with Crippen molar-refractivity contribution in [2.24, 2.45) is 0 Å². The Morgan fingerprint density at radius 1 is 1.16 bits per heavy atom. The smallest absolute Gasteiger partial charge is 0.242 e. The number of hydrogen-bond donors (Lipinski definition) is 0. The van der Waals surface area contributed by atoms with Crippen LogP contribution in [0, 0.1) is 0 Å². The van der Waals surface area contributed by atoms with Crippen LogP contribution in [0.4, 0.5) is 5.69 Å². The predicted molar refractivity (Wildman–Crippen MR) is 102 cm³/mol. The van der Waals surface area contributed by atoms with Crippen LogP contribution in [0.3, 0.4) is 0 Å². The van der Waals surface area contributed by atoms with Gasteiger partial charge in [0.15, 0.2) is 9.84 Å². The lowest BCUT2D eigenvalue weighted by Gasteiger charge is -2.30. The van der Waals surface area contributed by atoms with Crippen LogP contribution in [0.15, 0.2) is 42.5 Å². The molecule has 0 radical (unpaired) electrons. The fraction of sp³-hybridized carbons (Fsp3) is 0.421. The standard InChI is InChI=1S/C19H24N2O3S/c1-3-21(16-11-12-25(23,24)14-16)19(22)13-20(2)18-10-6-8-15-7-4-5-9-17(15)18/h4-10,16H,3,11-14H2,1-2H3. The van der Waals surface area contributed by atoms with Gasteiger partial charge in [0.25, 0.3) is 0 Å². The first-order valence-corrected chi connectivity index (χ1v) is 10.4. The number of sulfone groups is 1. The Bertz CT molecular complexity index is 874. The van der Waals surface area contributed by atoms with E-state index in [0.717, 1.165) is 16.5 Å². The zero-order valence-corrected chi connectivity index (χ0v) is 15.5. The molecule has 0 N–H and O–H groups in total. The van der Waals surface area contributed by atoms with Gasteiger partial charge in [-0.2, -0.15) is 0 Å². The summed E-state index contributed by atoms with van der Waals surface area (Å²) in [7, 11) is -1.10. The van der Waals surface area contributed by atoms with E-state index in [-0.39, 0.29) is 30.0 Å². The fourth-order valence-corrected chi connectivity index (χ4v) is 5.31. The van der Waals surface area contributed by atoms with Crippen LogP contribution in [0.25, 0.3) is 10.8 Å². The van der Waals surface area contributed by atoms with Crippen molar-refractivity contribution in [1.82, 2.24) is 4.90 Å². The lowest BCUT2D eigenvalue weighted by atomic mass is 10.1. The van der Waals surface area contributed by atoms with Crippen LogP contribution in [0.5, 0.6) is 0 Å². The largest absolute Gasteiger partial charge is 0.365 e. The number of benzene rings is 2. The van der Waals surface area contributed by atoms with Gasteiger partial charge in [-0.25, -0.2) is 8.42 Å². The van der Waals surface area contributed by atoms with Gasteiger partial charge in [-0.3, -0.25) is 4.79 Å². The van der Waals surface area contributed by atoms with E-state index in [9.17, 15) is 13.2 Å². The van der Waals surface area contributed by atoms with Gasteiger partial charge in [-0.1, -0.05) is 36.4 Å². The normalized spacial score (nSPS) is 19.0. The number of hydrogen-bond acceptors (Lipinski definition) is 4. The van der Waals surface area contributed by atoms with Crippen LogP contribution in [-0.2, 0) is 14.6 Å². The second kappa shape index (κ2) is 7.04. The molecule has 6 heteroatoms. The summed E-state index contributed by atoms with van der Waals surface area (Å²) in [5.41, 5.74) is 1.00. The maximum Gasteiger partial charge on any atom is 0.242 e. The maximum absolute atomic E-state index is 12.8. The maximum atomic E-state index is 12.8. The average molecular weight is 360 g/mol. The van der Waals surface area contributed by atoms with E-state index in [0.29, 0.717) is 13.0 Å². The Balaban J connectivity index is 1.77. The molecule has 1 aliphatic heterocycles. The Kier molecular flexibility index (Phi) is 4.99. The third-order valence-electron chi connectivity index (χ3n) is 4.86. The van der Waals surface area contributed by atoms with Crippen LogP contribution in [0.1, 0.15) is 13.3 Å². The number of fused-ring (bicyclic) bond motifs is 1. The van der Waals surface area contributed by atoms with Crippen molar-refractivity contribution in [1.29, 1.82) is 0 Å². The molecule has 0 aliphatic carbocycles. The summed E-state index contributed by atoms with van der Waals surface area (Å²) in [4.78, 5) is 16.4. The van der Waals surface area contributed by atoms with Crippen molar-refractivity contribution in [3.8, 4) is 0 Å². The molecule has 2 aromatic rings. The molecule has 134 valence electrons. The van der Waals surface area contributed by atoms with Gasteiger partial charge in [-0.15, -0.1) is 0 Å². The Morgan fingerprint density at radius 2 is 1.88 bits per heavy atom. The van der Waals surface area contributed by atoms with Gasteiger partial charge in [0.2, 0.25) is 5.91 Å². The molecule has 1 aliphatic rings. The summed E-state index contributed by atoms with van der Waals surface area (Å²) in [6.07, 6.45) is 0.542. The summed E-state index contributed by atoms with van der Waals surface area (Å²) in [5, 5.41) is 2.24. The van der Waals surface area contributed by atoms with Crippen molar-refractivity contribution in [2.75, 3.05) is 36.5 Å². The van der Waals surface area contributed by atoms with Crippen molar-refractivity contribution in [3.05, 3.63) is 42.5 Å². The van der Waals surface area contributed by atoms with E-state index in [1.54, 1.807) is 4.90 Å². The Morgan fingerprint density at radius 3 is 2.56 bits per heavy atom. The van der Waals surface area contributed by atoms with Crippen molar-refractivity contribution >= 4 is 32.2 Å². The van der Waals surface area contributed by atoms with Gasteiger partial charge in [-0.05, 0) is 24.8 Å². The first-order valence-electron chi connectivity index (χ1n) is 8.60. The molecular weight excluding hydrogens is 336 g/mol. The van der Waals surface area contributed by atoms with E-state index < -0.39 is 9.84 Å². The number of anilines is 1. The van der Waals surface area contributed by atoms with Gasteiger partial charge in [0.05, 0.1) is 18.1 Å². The average Bonchev–Trinajstić information content (AvgIpc) is 2.94. The molecule has 2 aromatic carbocycles. The van der Waals surface area contributed by atoms with Crippen molar-refractivity contribution < 1.29 is 13.2 Å². The molecule has 1 saturated heterocycles. The lowest BCUT2D eigenvalue weighted by Crippen LogP contribution is -2.45. The topological polar surface area (TPSA) is 57.7 Å².